The number of aliphatic hydroxyl groups is 1. The minimum absolute atomic E-state index is 0.0773. The number of hydrogen-bond donors (Lipinski definition) is 1. The number of ether oxygens (including phenoxy) is 1. The molecule has 2 aliphatic heterocycles. The number of amides is 1. The average Bonchev–Trinajstić information content (AvgIpc) is 3.27. The lowest BCUT2D eigenvalue weighted by atomic mass is 9.92. The first-order valence-corrected chi connectivity index (χ1v) is 11.5. The van der Waals surface area contributed by atoms with E-state index in [2.05, 4.69) is 13.8 Å². The number of rotatable bonds is 6. The Balaban J connectivity index is 1.80. The predicted octanol–water partition coefficient (Wildman–Crippen LogP) is 4.12. The van der Waals surface area contributed by atoms with Crippen LogP contribution in [0.3, 0.4) is 0 Å². The topological polar surface area (TPSA) is 70.1 Å². The van der Waals surface area contributed by atoms with Gasteiger partial charge < -0.3 is 19.6 Å². The van der Waals surface area contributed by atoms with E-state index in [-0.39, 0.29) is 17.4 Å². The molecule has 0 unspecified atom stereocenters. The molecule has 2 aromatic rings. The first kappa shape index (κ1) is 23.1. The summed E-state index contributed by atoms with van der Waals surface area (Å²) >= 11 is 0. The van der Waals surface area contributed by atoms with Crippen LogP contribution >= 0.6 is 0 Å². The van der Waals surface area contributed by atoms with Gasteiger partial charge in [-0.3, -0.25) is 9.59 Å². The molecule has 33 heavy (non-hydrogen) atoms. The van der Waals surface area contributed by atoms with Gasteiger partial charge >= 0.3 is 0 Å². The van der Waals surface area contributed by atoms with E-state index in [1.54, 1.807) is 11.0 Å². The minimum atomic E-state index is -0.644. The van der Waals surface area contributed by atoms with Crippen molar-refractivity contribution in [3.63, 3.8) is 0 Å². The maximum absolute atomic E-state index is 13.2. The highest BCUT2D eigenvalue weighted by Gasteiger charge is 2.46. The Morgan fingerprint density at radius 1 is 1.15 bits per heavy atom. The van der Waals surface area contributed by atoms with Crippen molar-refractivity contribution in [2.45, 2.75) is 45.3 Å². The number of ketones is 1. The van der Waals surface area contributed by atoms with E-state index in [0.717, 1.165) is 23.3 Å². The third-order valence-electron chi connectivity index (χ3n) is 6.42. The SMILES string of the molecule is CC(C)c1ccc([C@H]2C(=C(O)c3ccc4c(c3)C[C@@H](C)O4)C(=O)C(=O)N2CCN(C)C)cc1. The first-order chi connectivity index (χ1) is 15.7. The van der Waals surface area contributed by atoms with Crippen LogP contribution in [0.1, 0.15) is 55.0 Å². The largest absolute Gasteiger partial charge is 0.507 e. The molecule has 1 fully saturated rings. The van der Waals surface area contributed by atoms with Crippen molar-refractivity contribution < 1.29 is 19.4 Å². The van der Waals surface area contributed by atoms with Gasteiger partial charge in [0, 0.05) is 25.1 Å². The van der Waals surface area contributed by atoms with Gasteiger partial charge in [0.15, 0.2) is 0 Å². The van der Waals surface area contributed by atoms with Crippen LogP contribution in [-0.4, -0.2) is 59.9 Å². The van der Waals surface area contributed by atoms with Crippen molar-refractivity contribution in [3.05, 3.63) is 70.3 Å². The second-order valence-corrected chi connectivity index (χ2v) is 9.57. The summed E-state index contributed by atoms with van der Waals surface area (Å²) in [4.78, 5) is 29.8. The van der Waals surface area contributed by atoms with Crippen LogP contribution in [0, 0.1) is 0 Å². The molecule has 2 heterocycles. The van der Waals surface area contributed by atoms with E-state index in [0.29, 0.717) is 24.6 Å². The third-order valence-corrected chi connectivity index (χ3v) is 6.42. The molecule has 0 bridgehead atoms. The summed E-state index contributed by atoms with van der Waals surface area (Å²) < 4.78 is 5.77. The fourth-order valence-electron chi connectivity index (χ4n) is 4.55. The molecule has 1 N–H and O–H groups in total. The summed E-state index contributed by atoms with van der Waals surface area (Å²) in [5.74, 6) is -0.189. The lowest BCUT2D eigenvalue weighted by molar-refractivity contribution is -0.140. The molecule has 0 aliphatic carbocycles. The standard InChI is InChI=1S/C27H32N2O4/c1-16(2)18-6-8-19(9-7-18)24-23(26(31)27(32)29(24)13-12-28(4)5)25(30)20-10-11-22-21(15-20)14-17(3)33-22/h6-11,15-17,24,30H,12-14H2,1-5H3/t17-,24+/m1/s1. The lowest BCUT2D eigenvalue weighted by Gasteiger charge is -2.27. The Bertz CT molecular complexity index is 1100. The van der Waals surface area contributed by atoms with Gasteiger partial charge in [0.05, 0.1) is 11.6 Å². The number of aliphatic hydroxyl groups excluding tert-OH is 1. The van der Waals surface area contributed by atoms with Crippen molar-refractivity contribution in [3.8, 4) is 5.75 Å². The number of hydrogen-bond acceptors (Lipinski definition) is 5. The third kappa shape index (κ3) is 4.40. The van der Waals surface area contributed by atoms with Crippen LogP contribution in [-0.2, 0) is 16.0 Å². The van der Waals surface area contributed by atoms with Gasteiger partial charge in [0.2, 0.25) is 0 Å². The van der Waals surface area contributed by atoms with Crippen molar-refractivity contribution in [2.75, 3.05) is 27.2 Å². The van der Waals surface area contributed by atoms with Crippen LogP contribution in [0.15, 0.2) is 48.0 Å². The molecule has 174 valence electrons. The molecule has 0 radical (unpaired) electrons. The second kappa shape index (κ2) is 9.02. The molecular weight excluding hydrogens is 416 g/mol. The predicted molar refractivity (Wildman–Crippen MR) is 128 cm³/mol. The van der Waals surface area contributed by atoms with E-state index >= 15 is 0 Å². The second-order valence-electron chi connectivity index (χ2n) is 9.57. The smallest absolute Gasteiger partial charge is 0.295 e. The molecule has 0 aromatic heterocycles. The number of fused-ring (bicyclic) bond motifs is 1. The Kier molecular flexibility index (Phi) is 6.30. The number of carbonyl (C=O) groups is 2. The summed E-state index contributed by atoms with van der Waals surface area (Å²) in [7, 11) is 3.85. The number of likely N-dealkylation sites (N-methyl/N-ethyl adjacent to an activating group) is 1. The molecule has 2 aliphatic rings. The fourth-order valence-corrected chi connectivity index (χ4v) is 4.55. The maximum atomic E-state index is 13.2. The van der Waals surface area contributed by atoms with Crippen LogP contribution in [0.25, 0.3) is 5.76 Å². The number of nitrogens with zero attached hydrogens (tertiary/aromatic N) is 2. The van der Waals surface area contributed by atoms with Crippen molar-refractivity contribution in [2.24, 2.45) is 0 Å². The number of Topliss-reactive ketones (excluding diaryl/α,β-unsaturated/α-hetero) is 1. The fraction of sp³-hybridized carbons (Fsp3) is 0.407. The minimum Gasteiger partial charge on any atom is -0.507 e. The zero-order valence-electron chi connectivity index (χ0n) is 20.0. The van der Waals surface area contributed by atoms with Gasteiger partial charge in [-0.05, 0) is 61.8 Å². The highest BCUT2D eigenvalue weighted by atomic mass is 16.5. The molecule has 0 saturated carbocycles. The van der Waals surface area contributed by atoms with E-state index in [1.807, 2.05) is 62.3 Å². The molecule has 4 rings (SSSR count). The van der Waals surface area contributed by atoms with Gasteiger partial charge in [-0.25, -0.2) is 0 Å². The van der Waals surface area contributed by atoms with E-state index < -0.39 is 17.7 Å². The maximum Gasteiger partial charge on any atom is 0.295 e. The summed E-state index contributed by atoms with van der Waals surface area (Å²) in [5.41, 5.74) is 3.66. The summed E-state index contributed by atoms with van der Waals surface area (Å²) in [5, 5.41) is 11.3. The summed E-state index contributed by atoms with van der Waals surface area (Å²) in [6.45, 7) is 7.24. The van der Waals surface area contributed by atoms with Gasteiger partial charge in [-0.1, -0.05) is 38.1 Å². The number of likely N-dealkylation sites (tertiary alicyclic amines) is 1. The molecule has 2 aromatic carbocycles. The van der Waals surface area contributed by atoms with Crippen LogP contribution in [0.2, 0.25) is 0 Å². The molecule has 6 heteroatoms. The van der Waals surface area contributed by atoms with Gasteiger partial charge in [-0.2, -0.15) is 0 Å². The number of carbonyl (C=O) groups excluding carboxylic acids is 2. The average molecular weight is 449 g/mol. The molecule has 6 nitrogen and oxygen atoms in total. The van der Waals surface area contributed by atoms with Gasteiger partial charge in [0.25, 0.3) is 11.7 Å². The van der Waals surface area contributed by atoms with Crippen molar-refractivity contribution in [1.29, 1.82) is 0 Å². The molecule has 1 saturated heterocycles. The van der Waals surface area contributed by atoms with E-state index in [1.165, 1.54) is 5.56 Å². The zero-order valence-corrected chi connectivity index (χ0v) is 20.0. The summed E-state index contributed by atoms with van der Waals surface area (Å²) in [6.07, 6.45) is 0.821. The van der Waals surface area contributed by atoms with Gasteiger partial charge in [-0.15, -0.1) is 0 Å². The van der Waals surface area contributed by atoms with Crippen molar-refractivity contribution in [1.82, 2.24) is 9.80 Å². The Morgan fingerprint density at radius 2 is 1.85 bits per heavy atom. The zero-order chi connectivity index (χ0) is 23.9. The van der Waals surface area contributed by atoms with E-state index in [9.17, 15) is 14.7 Å². The molecule has 0 spiro atoms. The quantitative estimate of drug-likeness (QED) is 0.409. The van der Waals surface area contributed by atoms with Crippen molar-refractivity contribution >= 4 is 17.4 Å². The summed E-state index contributed by atoms with van der Waals surface area (Å²) in [6, 6.07) is 12.8. The normalized spacial score (nSPS) is 21.7. The lowest BCUT2D eigenvalue weighted by Crippen LogP contribution is -2.35. The van der Waals surface area contributed by atoms with Gasteiger partial charge in [0.1, 0.15) is 17.6 Å². The molecular formula is C27H32N2O4. The number of benzene rings is 2. The van der Waals surface area contributed by atoms with E-state index in [4.69, 9.17) is 4.74 Å². The Morgan fingerprint density at radius 3 is 2.48 bits per heavy atom. The van der Waals surface area contributed by atoms with Crippen LogP contribution in [0.4, 0.5) is 0 Å². The molecule has 1 amide bonds. The monoisotopic (exact) mass is 448 g/mol. The Labute approximate surface area is 195 Å². The Hall–Kier alpha value is -3.12. The first-order valence-electron chi connectivity index (χ1n) is 11.5. The highest BCUT2D eigenvalue weighted by molar-refractivity contribution is 6.46. The molecule has 2 atom stereocenters. The van der Waals surface area contributed by atoms with Crippen LogP contribution < -0.4 is 4.74 Å². The highest BCUT2D eigenvalue weighted by Crippen LogP contribution is 2.40. The van der Waals surface area contributed by atoms with Crippen LogP contribution in [0.5, 0.6) is 5.75 Å².